The Kier molecular flexibility index (Phi) is 10.0. The summed E-state index contributed by atoms with van der Waals surface area (Å²) in [6.45, 7) is 4.69. The van der Waals surface area contributed by atoms with Crippen molar-refractivity contribution >= 4 is 5.97 Å². The van der Waals surface area contributed by atoms with Crippen LogP contribution in [0.15, 0.2) is 60.7 Å². The Labute approximate surface area is 150 Å². The van der Waals surface area contributed by atoms with Crippen LogP contribution in [0.1, 0.15) is 32.3 Å². The number of carbonyl (C=O) groups is 1. The van der Waals surface area contributed by atoms with Crippen molar-refractivity contribution in [3.63, 3.8) is 0 Å². The SMILES string of the molecule is CCC(CC)COC(=O)C(N)Cc1ccccc1.Oc1ccccc1. The van der Waals surface area contributed by atoms with Gasteiger partial charge in [0, 0.05) is 0 Å². The first-order valence-corrected chi connectivity index (χ1v) is 8.76. The number of para-hydroxylation sites is 1. The van der Waals surface area contributed by atoms with Crippen LogP contribution in [-0.4, -0.2) is 23.7 Å². The number of nitrogens with two attached hydrogens (primary N) is 1. The van der Waals surface area contributed by atoms with Gasteiger partial charge in [-0.3, -0.25) is 4.79 Å². The highest BCUT2D eigenvalue weighted by molar-refractivity contribution is 5.75. The number of aromatic hydroxyl groups is 1. The summed E-state index contributed by atoms with van der Waals surface area (Å²) in [5, 5.41) is 8.63. The van der Waals surface area contributed by atoms with Gasteiger partial charge in [-0.05, 0) is 30.0 Å². The van der Waals surface area contributed by atoms with Crippen molar-refractivity contribution in [1.29, 1.82) is 0 Å². The van der Waals surface area contributed by atoms with Crippen LogP contribution in [0, 0.1) is 5.92 Å². The van der Waals surface area contributed by atoms with Crippen molar-refractivity contribution < 1.29 is 14.6 Å². The largest absolute Gasteiger partial charge is 0.508 e. The summed E-state index contributed by atoms with van der Waals surface area (Å²) in [4.78, 5) is 11.7. The van der Waals surface area contributed by atoms with Crippen molar-refractivity contribution in [2.24, 2.45) is 11.7 Å². The summed E-state index contributed by atoms with van der Waals surface area (Å²) in [5.41, 5.74) is 6.90. The summed E-state index contributed by atoms with van der Waals surface area (Å²) in [7, 11) is 0. The van der Waals surface area contributed by atoms with Gasteiger partial charge in [0.15, 0.2) is 0 Å². The number of benzene rings is 2. The number of ether oxygens (including phenoxy) is 1. The normalized spacial score (nSPS) is 11.4. The molecular weight excluding hydrogens is 314 g/mol. The van der Waals surface area contributed by atoms with Crippen LogP contribution >= 0.6 is 0 Å². The van der Waals surface area contributed by atoms with Gasteiger partial charge in [0.05, 0.1) is 6.61 Å². The van der Waals surface area contributed by atoms with Crippen LogP contribution < -0.4 is 5.73 Å². The third kappa shape index (κ3) is 8.91. The van der Waals surface area contributed by atoms with E-state index in [1.54, 1.807) is 24.3 Å². The average Bonchev–Trinajstić information content (AvgIpc) is 2.64. The van der Waals surface area contributed by atoms with E-state index in [9.17, 15) is 4.79 Å². The van der Waals surface area contributed by atoms with Gasteiger partial charge in [-0.2, -0.15) is 0 Å². The highest BCUT2D eigenvalue weighted by Gasteiger charge is 2.16. The lowest BCUT2D eigenvalue weighted by Crippen LogP contribution is -2.35. The van der Waals surface area contributed by atoms with E-state index < -0.39 is 6.04 Å². The molecule has 0 bridgehead atoms. The molecule has 0 aliphatic carbocycles. The van der Waals surface area contributed by atoms with Crippen molar-refractivity contribution in [3.05, 3.63) is 66.2 Å². The highest BCUT2D eigenvalue weighted by atomic mass is 16.5. The molecule has 0 aliphatic heterocycles. The van der Waals surface area contributed by atoms with Crippen LogP contribution in [0.4, 0.5) is 0 Å². The maximum atomic E-state index is 11.7. The summed E-state index contributed by atoms with van der Waals surface area (Å²) < 4.78 is 5.26. The molecule has 136 valence electrons. The molecule has 4 nitrogen and oxygen atoms in total. The van der Waals surface area contributed by atoms with E-state index in [-0.39, 0.29) is 5.97 Å². The molecule has 0 aromatic heterocycles. The second kappa shape index (κ2) is 12.1. The highest BCUT2D eigenvalue weighted by Crippen LogP contribution is 2.09. The zero-order valence-electron chi connectivity index (χ0n) is 15.1. The summed E-state index contributed by atoms with van der Waals surface area (Å²) in [6.07, 6.45) is 2.58. The van der Waals surface area contributed by atoms with Gasteiger partial charge in [0.25, 0.3) is 0 Å². The zero-order valence-corrected chi connectivity index (χ0v) is 15.1. The van der Waals surface area contributed by atoms with E-state index in [2.05, 4.69) is 13.8 Å². The Hall–Kier alpha value is -2.33. The Morgan fingerprint density at radius 1 is 1.00 bits per heavy atom. The van der Waals surface area contributed by atoms with Crippen molar-refractivity contribution in [2.45, 2.75) is 39.2 Å². The van der Waals surface area contributed by atoms with Gasteiger partial charge >= 0.3 is 5.97 Å². The van der Waals surface area contributed by atoms with Gasteiger partial charge in [0.2, 0.25) is 0 Å². The Balaban J connectivity index is 0.000000370. The van der Waals surface area contributed by atoms with Gasteiger partial charge in [-0.15, -0.1) is 0 Å². The summed E-state index contributed by atoms with van der Waals surface area (Å²) >= 11 is 0. The third-order valence-corrected chi connectivity index (χ3v) is 3.97. The molecule has 1 unspecified atom stereocenters. The van der Waals surface area contributed by atoms with E-state index in [1.165, 1.54) is 0 Å². The number of carbonyl (C=O) groups excluding carboxylic acids is 1. The van der Waals surface area contributed by atoms with Crippen LogP contribution in [0.2, 0.25) is 0 Å². The average molecular weight is 343 g/mol. The second-order valence-corrected chi connectivity index (χ2v) is 5.94. The van der Waals surface area contributed by atoms with Crippen LogP contribution in [0.25, 0.3) is 0 Å². The second-order valence-electron chi connectivity index (χ2n) is 5.94. The number of phenolic OH excluding ortho intramolecular Hbond substituents is 1. The van der Waals surface area contributed by atoms with Gasteiger partial charge < -0.3 is 15.6 Å². The van der Waals surface area contributed by atoms with E-state index in [4.69, 9.17) is 15.6 Å². The van der Waals surface area contributed by atoms with Crippen LogP contribution in [-0.2, 0) is 16.0 Å². The molecule has 0 fully saturated rings. The predicted molar refractivity (Wildman–Crippen MR) is 101 cm³/mol. The van der Waals surface area contributed by atoms with Gasteiger partial charge in [0.1, 0.15) is 11.8 Å². The molecule has 0 saturated carbocycles. The molecule has 0 radical (unpaired) electrons. The Bertz CT molecular complexity index is 583. The number of esters is 1. The zero-order chi connectivity index (χ0) is 18.5. The monoisotopic (exact) mass is 343 g/mol. The fourth-order valence-corrected chi connectivity index (χ4v) is 2.21. The summed E-state index contributed by atoms with van der Waals surface area (Å²) in [6, 6.07) is 17.9. The molecule has 0 aliphatic rings. The van der Waals surface area contributed by atoms with Crippen molar-refractivity contribution in [3.8, 4) is 5.75 Å². The van der Waals surface area contributed by atoms with Gasteiger partial charge in [-0.25, -0.2) is 0 Å². The minimum atomic E-state index is -0.568. The van der Waals surface area contributed by atoms with Crippen molar-refractivity contribution in [2.75, 3.05) is 6.61 Å². The smallest absolute Gasteiger partial charge is 0.323 e. The molecule has 0 spiro atoms. The molecule has 2 rings (SSSR count). The minimum Gasteiger partial charge on any atom is -0.508 e. The molecule has 2 aromatic rings. The molecule has 0 amide bonds. The third-order valence-electron chi connectivity index (χ3n) is 3.97. The van der Waals surface area contributed by atoms with E-state index in [0.29, 0.717) is 24.7 Å². The first kappa shape index (κ1) is 20.7. The molecule has 25 heavy (non-hydrogen) atoms. The molecule has 0 heterocycles. The minimum absolute atomic E-state index is 0.300. The number of hydrogen-bond acceptors (Lipinski definition) is 4. The topological polar surface area (TPSA) is 72.5 Å². The Morgan fingerprint density at radius 2 is 1.52 bits per heavy atom. The molecule has 4 heteroatoms. The maximum Gasteiger partial charge on any atom is 0.323 e. The Morgan fingerprint density at radius 3 is 1.96 bits per heavy atom. The molecule has 0 saturated heterocycles. The predicted octanol–water partition coefficient (Wildman–Crippen LogP) is 3.93. The first-order valence-electron chi connectivity index (χ1n) is 8.76. The van der Waals surface area contributed by atoms with E-state index in [0.717, 1.165) is 18.4 Å². The van der Waals surface area contributed by atoms with Gasteiger partial charge in [-0.1, -0.05) is 75.2 Å². The lowest BCUT2D eigenvalue weighted by molar-refractivity contribution is -0.146. The number of phenols is 1. The van der Waals surface area contributed by atoms with E-state index in [1.807, 2.05) is 36.4 Å². The van der Waals surface area contributed by atoms with Crippen molar-refractivity contribution in [1.82, 2.24) is 0 Å². The van der Waals surface area contributed by atoms with E-state index >= 15 is 0 Å². The molecule has 1 atom stereocenters. The number of hydrogen-bond donors (Lipinski definition) is 2. The fourth-order valence-electron chi connectivity index (χ4n) is 2.21. The van der Waals surface area contributed by atoms with Crippen LogP contribution in [0.3, 0.4) is 0 Å². The maximum absolute atomic E-state index is 11.7. The fraction of sp³-hybridized carbons (Fsp3) is 0.381. The molecular formula is C21H29NO3. The molecule has 2 aromatic carbocycles. The van der Waals surface area contributed by atoms with Crippen LogP contribution in [0.5, 0.6) is 5.75 Å². The molecule has 3 N–H and O–H groups in total. The first-order chi connectivity index (χ1) is 12.1. The number of rotatable bonds is 7. The lowest BCUT2D eigenvalue weighted by Gasteiger charge is -2.15. The summed E-state index contributed by atoms with van der Waals surface area (Å²) in [5.74, 6) is 0.464. The standard InChI is InChI=1S/C15H23NO2.C6H6O/c1-3-12(4-2)11-18-15(17)14(16)10-13-8-6-5-7-9-13;7-6-4-2-1-3-5-6/h5-9,12,14H,3-4,10-11,16H2,1-2H3;1-5,7H. The lowest BCUT2D eigenvalue weighted by atomic mass is 10.0. The quantitative estimate of drug-likeness (QED) is 0.747.